The number of aryl methyl sites for hydroxylation is 1. The molecule has 2 aliphatic rings. The highest BCUT2D eigenvalue weighted by Crippen LogP contribution is 2.73. The summed E-state index contributed by atoms with van der Waals surface area (Å²) in [6, 6.07) is 30.7. The number of hydrogen-bond donors (Lipinski definition) is 0. The Hall–Kier alpha value is -4.44. The summed E-state index contributed by atoms with van der Waals surface area (Å²) >= 11 is 0. The highest BCUT2D eigenvalue weighted by molar-refractivity contribution is 6.10. The van der Waals surface area contributed by atoms with Gasteiger partial charge in [0.2, 0.25) is 0 Å². The molecule has 0 bridgehead atoms. The van der Waals surface area contributed by atoms with Gasteiger partial charge < -0.3 is 4.42 Å². The van der Waals surface area contributed by atoms with Crippen LogP contribution in [0, 0.1) is 11.8 Å². The Morgan fingerprint density at radius 3 is 2.49 bits per heavy atom. The average molecular weight is 506 g/mol. The third-order valence-corrected chi connectivity index (χ3v) is 9.01. The van der Waals surface area contributed by atoms with Crippen LogP contribution in [0.1, 0.15) is 36.8 Å². The molecule has 2 fully saturated rings. The predicted octanol–water partition coefficient (Wildman–Crippen LogP) is 8.80. The summed E-state index contributed by atoms with van der Waals surface area (Å²) in [7, 11) is 0. The lowest BCUT2D eigenvalue weighted by atomic mass is 9.95. The lowest BCUT2D eigenvalue weighted by Crippen LogP contribution is -1.91. The highest BCUT2D eigenvalue weighted by atomic mass is 16.3. The minimum Gasteiger partial charge on any atom is -0.455 e. The monoisotopic (exact) mass is 505 g/mol. The first-order chi connectivity index (χ1) is 19.3. The molecular formula is C35H27N3O. The van der Waals surface area contributed by atoms with E-state index in [4.69, 9.17) is 4.42 Å². The van der Waals surface area contributed by atoms with Gasteiger partial charge >= 0.3 is 0 Å². The molecule has 3 aromatic heterocycles. The van der Waals surface area contributed by atoms with Gasteiger partial charge in [-0.3, -0.25) is 4.40 Å². The smallest absolute Gasteiger partial charge is 0.168 e. The largest absolute Gasteiger partial charge is 0.455 e. The van der Waals surface area contributed by atoms with Crippen molar-refractivity contribution in [3.8, 4) is 22.5 Å². The van der Waals surface area contributed by atoms with Gasteiger partial charge in [0.1, 0.15) is 11.2 Å². The first-order valence-corrected chi connectivity index (χ1v) is 14.1. The Balaban J connectivity index is 1.16. The molecule has 3 heterocycles. The van der Waals surface area contributed by atoms with Gasteiger partial charge in [0, 0.05) is 33.5 Å². The summed E-state index contributed by atoms with van der Waals surface area (Å²) < 4.78 is 8.62. The minimum atomic E-state index is 0.788. The van der Waals surface area contributed by atoms with Gasteiger partial charge in [-0.2, -0.15) is 0 Å². The maximum atomic E-state index is 6.54. The van der Waals surface area contributed by atoms with E-state index < -0.39 is 0 Å². The Bertz CT molecular complexity index is 2070. The van der Waals surface area contributed by atoms with Crippen LogP contribution in [0.5, 0.6) is 0 Å². The second-order valence-corrected chi connectivity index (χ2v) is 11.4. The summed E-state index contributed by atoms with van der Waals surface area (Å²) in [5, 5.41) is 13.9. The number of pyridine rings is 1. The van der Waals surface area contributed by atoms with Crippen LogP contribution in [0.2, 0.25) is 0 Å². The number of furan rings is 1. The maximum absolute atomic E-state index is 6.54. The third-order valence-electron chi connectivity index (χ3n) is 9.01. The highest BCUT2D eigenvalue weighted by Gasteiger charge is 2.64. The van der Waals surface area contributed by atoms with Crippen molar-refractivity contribution in [3.05, 3.63) is 102 Å². The van der Waals surface area contributed by atoms with Crippen molar-refractivity contribution in [2.45, 2.75) is 32.1 Å². The van der Waals surface area contributed by atoms with Gasteiger partial charge in [-0.15, -0.1) is 10.2 Å². The first-order valence-electron chi connectivity index (χ1n) is 14.1. The van der Waals surface area contributed by atoms with Crippen molar-refractivity contribution < 1.29 is 4.42 Å². The third kappa shape index (κ3) is 3.18. The van der Waals surface area contributed by atoms with Gasteiger partial charge in [0.05, 0.1) is 0 Å². The van der Waals surface area contributed by atoms with Crippen LogP contribution in [-0.2, 0) is 6.42 Å². The van der Waals surface area contributed by atoms with Gasteiger partial charge in [-0.05, 0) is 83.0 Å². The summed E-state index contributed by atoms with van der Waals surface area (Å²) in [6.45, 7) is 2.25. The molecule has 4 nitrogen and oxygen atoms in total. The maximum Gasteiger partial charge on any atom is 0.168 e. The summed E-state index contributed by atoms with van der Waals surface area (Å²) in [6.07, 6.45) is 5.66. The molecule has 0 amide bonds. The van der Waals surface area contributed by atoms with Gasteiger partial charge in [-0.25, -0.2) is 0 Å². The van der Waals surface area contributed by atoms with E-state index in [1.807, 2.05) is 6.07 Å². The molecule has 4 heteroatoms. The lowest BCUT2D eigenvalue weighted by molar-refractivity contribution is 0.669. The van der Waals surface area contributed by atoms with Crippen LogP contribution in [0.3, 0.4) is 0 Å². The average Bonchev–Trinajstić information content (AvgIpc) is 3.81. The number of hydrogen-bond acceptors (Lipinski definition) is 3. The van der Waals surface area contributed by atoms with Crippen molar-refractivity contribution >= 4 is 38.4 Å². The van der Waals surface area contributed by atoms with E-state index in [9.17, 15) is 0 Å². The second-order valence-electron chi connectivity index (χ2n) is 11.4. The van der Waals surface area contributed by atoms with Crippen LogP contribution in [0.25, 0.3) is 60.9 Å². The van der Waals surface area contributed by atoms with E-state index in [0.29, 0.717) is 0 Å². The molecule has 2 aliphatic carbocycles. The number of aromatic nitrogens is 3. The van der Waals surface area contributed by atoms with E-state index in [1.54, 1.807) is 0 Å². The SMILES string of the molecule is CCCc1cc(-c2ccc(-c3nnc4c5ccccc5ccn34)cc2)c2oc3ccc(C4C5CC54)cc3c2c1. The normalized spacial score (nSPS) is 19.8. The molecule has 2 atom stereocenters. The number of fused-ring (bicyclic) bond motifs is 7. The Morgan fingerprint density at radius 1 is 0.821 bits per heavy atom. The number of rotatable bonds is 5. The molecule has 188 valence electrons. The standard InChI is InChI=1S/C35H27N3O/c1-2-5-20-16-26(33-30(17-20)27-18-24(12-13-31(27)39-33)32-28-19-29(28)32)22-8-10-23(11-9-22)34-36-37-35-25-7-4-3-6-21(25)14-15-38(34)35/h3-4,6-18,28-29,32H,2,5,19H2,1H3. The van der Waals surface area contributed by atoms with Crippen molar-refractivity contribution in [2.24, 2.45) is 11.8 Å². The van der Waals surface area contributed by atoms with Gasteiger partial charge in [0.15, 0.2) is 11.5 Å². The van der Waals surface area contributed by atoms with Crippen LogP contribution >= 0.6 is 0 Å². The van der Waals surface area contributed by atoms with Crippen molar-refractivity contribution in [2.75, 3.05) is 0 Å². The quantitative estimate of drug-likeness (QED) is 0.235. The summed E-state index contributed by atoms with van der Waals surface area (Å²) in [5.41, 5.74) is 9.06. The van der Waals surface area contributed by atoms with Crippen LogP contribution in [0.15, 0.2) is 95.5 Å². The lowest BCUT2D eigenvalue weighted by Gasteiger charge is -2.08. The fourth-order valence-electron chi connectivity index (χ4n) is 6.70. The number of nitrogens with zero attached hydrogens (tertiary/aromatic N) is 3. The molecule has 0 radical (unpaired) electrons. The van der Waals surface area contributed by atoms with Crippen LogP contribution in [0.4, 0.5) is 0 Å². The predicted molar refractivity (Wildman–Crippen MR) is 157 cm³/mol. The minimum absolute atomic E-state index is 0.788. The van der Waals surface area contributed by atoms with E-state index in [0.717, 1.165) is 75.3 Å². The zero-order valence-corrected chi connectivity index (χ0v) is 21.8. The van der Waals surface area contributed by atoms with Gasteiger partial charge in [0.25, 0.3) is 0 Å². The molecular weight excluding hydrogens is 478 g/mol. The fraction of sp³-hybridized carbons (Fsp3) is 0.200. The molecule has 2 saturated carbocycles. The topological polar surface area (TPSA) is 43.3 Å². The molecule has 0 N–H and O–H groups in total. The molecule has 0 spiro atoms. The molecule has 7 aromatic rings. The molecule has 39 heavy (non-hydrogen) atoms. The summed E-state index contributed by atoms with van der Waals surface area (Å²) in [4.78, 5) is 0. The van der Waals surface area contributed by atoms with Gasteiger partial charge in [-0.1, -0.05) is 67.9 Å². The van der Waals surface area contributed by atoms with Crippen molar-refractivity contribution in [1.82, 2.24) is 14.6 Å². The summed E-state index contributed by atoms with van der Waals surface area (Å²) in [5.74, 6) is 3.54. The van der Waals surface area contributed by atoms with E-state index in [1.165, 1.54) is 33.7 Å². The Kier molecular flexibility index (Phi) is 4.29. The molecule has 0 saturated heterocycles. The zero-order valence-electron chi connectivity index (χ0n) is 21.8. The van der Waals surface area contributed by atoms with E-state index >= 15 is 0 Å². The van der Waals surface area contributed by atoms with Crippen LogP contribution in [-0.4, -0.2) is 14.6 Å². The van der Waals surface area contributed by atoms with Crippen molar-refractivity contribution in [3.63, 3.8) is 0 Å². The Morgan fingerprint density at radius 2 is 1.67 bits per heavy atom. The van der Waals surface area contributed by atoms with E-state index in [2.05, 4.69) is 107 Å². The molecule has 9 rings (SSSR count). The van der Waals surface area contributed by atoms with Crippen molar-refractivity contribution in [1.29, 1.82) is 0 Å². The number of benzene rings is 4. The van der Waals surface area contributed by atoms with Crippen LogP contribution < -0.4 is 0 Å². The first kappa shape index (κ1) is 21.5. The second kappa shape index (κ2) is 7.79. The molecule has 2 unspecified atom stereocenters. The fourth-order valence-corrected chi connectivity index (χ4v) is 6.70. The molecule has 0 aliphatic heterocycles. The Labute approximate surface area is 225 Å². The molecule has 4 aromatic carbocycles. The van der Waals surface area contributed by atoms with E-state index in [-0.39, 0.29) is 0 Å². The zero-order chi connectivity index (χ0) is 25.7.